The summed E-state index contributed by atoms with van der Waals surface area (Å²) in [6.45, 7) is 17.4. The van der Waals surface area contributed by atoms with E-state index >= 15 is 0 Å². The fraction of sp³-hybridized carbons (Fsp3) is 0.500. The Labute approximate surface area is 427 Å². The Morgan fingerprint density at radius 3 is 1.70 bits per heavy atom. The number of aromatic amines is 1. The normalized spacial score (nSPS) is 11.5. The first-order valence-electron chi connectivity index (χ1n) is 24.7. The fourth-order valence-electron chi connectivity index (χ4n) is 7.26. The largest absolute Gasteiger partial charge is 0.491 e. The average molecular weight is 1020 g/mol. The second-order valence-corrected chi connectivity index (χ2v) is 17.3. The van der Waals surface area contributed by atoms with Crippen LogP contribution in [0, 0.1) is 13.8 Å². The van der Waals surface area contributed by atoms with E-state index < -0.39 is 11.7 Å². The molecule has 0 spiro atoms. The molecule has 0 fully saturated rings. The summed E-state index contributed by atoms with van der Waals surface area (Å²) in [6.07, 6.45) is 1.24. The molecule has 0 aliphatic heterocycles. The first-order chi connectivity index (χ1) is 35.3. The topological polar surface area (TPSA) is 218 Å². The summed E-state index contributed by atoms with van der Waals surface area (Å²) in [6, 6.07) is 20.4. The van der Waals surface area contributed by atoms with Crippen molar-refractivity contribution in [2.75, 3.05) is 125 Å². The second kappa shape index (κ2) is 31.7. The molecule has 19 heteroatoms. The molecule has 19 nitrogen and oxygen atoms in total. The molecule has 2 heterocycles. The molecule has 0 aliphatic rings. The van der Waals surface area contributed by atoms with Gasteiger partial charge in [-0.05, 0) is 87.2 Å². The van der Waals surface area contributed by atoms with Crippen molar-refractivity contribution in [2.24, 2.45) is 7.05 Å². The molecule has 0 unspecified atom stereocenters. The number of benzene rings is 3. The van der Waals surface area contributed by atoms with E-state index in [1.54, 1.807) is 33.2 Å². The number of hydrogen-bond acceptors (Lipinski definition) is 15. The van der Waals surface area contributed by atoms with Crippen LogP contribution >= 0.6 is 0 Å². The van der Waals surface area contributed by atoms with Crippen molar-refractivity contribution in [1.82, 2.24) is 20.2 Å². The lowest BCUT2D eigenvalue weighted by Crippen LogP contribution is -2.28. The standard InChI is InChI=1S/C54H74N4O15/c1-7-55-51(59)47-36-45-46(37-58(6)52(60)49(45)57-47)44-35-42(54(4,5)62)13-14-48(44)73-50-39(2)33-43(34-40(50)3)71-32-31-70-30-29-69-28-27-68-26-25-67-24-23-66-22-21-65-20-19-64-18-17-63-16-15-56-53(61)72-38-41-11-9-8-10-12-41/h8-14,33-37,57,62H,7,15-32,38H2,1-6H3,(H,55,59)(H,56,61). The summed E-state index contributed by atoms with van der Waals surface area (Å²) >= 11 is 0. The van der Waals surface area contributed by atoms with E-state index in [-0.39, 0.29) is 29.3 Å². The molecular formula is C54H74N4O15. The molecule has 4 N–H and O–H groups in total. The number of H-pyrrole nitrogens is 1. The maximum absolute atomic E-state index is 13.2. The molecule has 0 saturated carbocycles. The number of hydrogen-bond donors (Lipinski definition) is 4. The van der Waals surface area contributed by atoms with Gasteiger partial charge in [0, 0.05) is 42.8 Å². The Kier molecular flexibility index (Phi) is 25.2. The van der Waals surface area contributed by atoms with E-state index in [0.29, 0.717) is 165 Å². The molecule has 0 radical (unpaired) electrons. The van der Waals surface area contributed by atoms with Gasteiger partial charge in [0.2, 0.25) is 0 Å². The number of nitrogens with one attached hydrogen (secondary N) is 3. The van der Waals surface area contributed by atoms with Crippen LogP contribution in [0.15, 0.2) is 77.7 Å². The van der Waals surface area contributed by atoms with Gasteiger partial charge in [-0.2, -0.15) is 0 Å². The lowest BCUT2D eigenvalue weighted by atomic mass is 9.93. The van der Waals surface area contributed by atoms with Crippen molar-refractivity contribution in [3.8, 4) is 28.4 Å². The summed E-state index contributed by atoms with van der Waals surface area (Å²) in [4.78, 5) is 40.7. The predicted molar refractivity (Wildman–Crippen MR) is 275 cm³/mol. The molecule has 400 valence electrons. The van der Waals surface area contributed by atoms with E-state index in [9.17, 15) is 19.5 Å². The summed E-state index contributed by atoms with van der Waals surface area (Å²) in [5.41, 5.74) is 3.68. The van der Waals surface area contributed by atoms with Crippen molar-refractivity contribution in [2.45, 2.75) is 46.8 Å². The van der Waals surface area contributed by atoms with Crippen molar-refractivity contribution < 1.29 is 66.8 Å². The van der Waals surface area contributed by atoms with Gasteiger partial charge in [0.1, 0.15) is 41.7 Å². The number of pyridine rings is 1. The Bertz CT molecular complexity index is 2470. The van der Waals surface area contributed by atoms with Crippen LogP contribution in [0.25, 0.3) is 22.0 Å². The van der Waals surface area contributed by atoms with Crippen molar-refractivity contribution in [1.29, 1.82) is 0 Å². The smallest absolute Gasteiger partial charge is 0.407 e. The summed E-state index contributed by atoms with van der Waals surface area (Å²) in [5.74, 6) is 1.50. The molecular weight excluding hydrogens is 945 g/mol. The Morgan fingerprint density at radius 2 is 1.18 bits per heavy atom. The summed E-state index contributed by atoms with van der Waals surface area (Å²) < 4.78 is 63.7. The van der Waals surface area contributed by atoms with E-state index in [1.165, 1.54) is 4.57 Å². The van der Waals surface area contributed by atoms with Gasteiger partial charge in [-0.15, -0.1) is 0 Å². The molecule has 73 heavy (non-hydrogen) atoms. The SMILES string of the molecule is CCNC(=O)c1cc2c(-c3cc(C(C)(C)O)ccc3Oc3c(C)cc(OCCOCCOCCOCCOCCOCCOCCOCCOCCNC(=O)OCc4ccccc4)cc3C)cn(C)c(=O)c2[nH]1. The highest BCUT2D eigenvalue weighted by atomic mass is 16.6. The number of aliphatic hydroxyl groups is 1. The molecule has 2 aromatic heterocycles. The Hall–Kier alpha value is -5.87. The van der Waals surface area contributed by atoms with Crippen LogP contribution < -0.4 is 25.7 Å². The quantitative estimate of drug-likeness (QED) is 0.0321. The minimum atomic E-state index is -1.16. The lowest BCUT2D eigenvalue weighted by molar-refractivity contribution is -0.0235. The number of ether oxygens (including phenoxy) is 11. The highest BCUT2D eigenvalue weighted by molar-refractivity contribution is 6.03. The van der Waals surface area contributed by atoms with Crippen LogP contribution in [0.5, 0.6) is 17.2 Å². The molecule has 0 saturated heterocycles. The molecule has 0 bridgehead atoms. The number of aromatic nitrogens is 2. The lowest BCUT2D eigenvalue weighted by Gasteiger charge is -2.22. The molecule has 0 aliphatic carbocycles. The number of carbonyl (C=O) groups is 2. The van der Waals surface area contributed by atoms with E-state index in [0.717, 1.165) is 16.7 Å². The first-order valence-corrected chi connectivity index (χ1v) is 24.7. The van der Waals surface area contributed by atoms with Crippen LogP contribution in [0.3, 0.4) is 0 Å². The Balaban J connectivity index is 0.859. The van der Waals surface area contributed by atoms with Gasteiger partial charge in [-0.3, -0.25) is 9.59 Å². The Morgan fingerprint density at radius 1 is 0.658 bits per heavy atom. The number of amides is 2. The zero-order chi connectivity index (χ0) is 52.3. The molecule has 3 aromatic carbocycles. The van der Waals surface area contributed by atoms with E-state index in [2.05, 4.69) is 15.6 Å². The van der Waals surface area contributed by atoms with Crippen LogP contribution in [-0.2, 0) is 61.9 Å². The van der Waals surface area contributed by atoms with Crippen LogP contribution in [0.2, 0.25) is 0 Å². The second-order valence-electron chi connectivity index (χ2n) is 17.3. The van der Waals surface area contributed by atoms with Crippen molar-refractivity contribution in [3.63, 3.8) is 0 Å². The molecule has 5 rings (SSSR count). The summed E-state index contributed by atoms with van der Waals surface area (Å²) in [7, 11) is 1.65. The fourth-order valence-corrected chi connectivity index (χ4v) is 7.26. The van der Waals surface area contributed by atoms with Gasteiger partial charge in [-0.1, -0.05) is 36.4 Å². The zero-order valence-electron chi connectivity index (χ0n) is 43.2. The van der Waals surface area contributed by atoms with Crippen molar-refractivity contribution in [3.05, 3.63) is 111 Å². The van der Waals surface area contributed by atoms with Gasteiger partial charge in [0.25, 0.3) is 11.5 Å². The molecule has 2 amide bonds. The van der Waals surface area contributed by atoms with Crippen molar-refractivity contribution >= 4 is 22.9 Å². The maximum atomic E-state index is 13.2. The third-order valence-corrected chi connectivity index (χ3v) is 11.0. The number of carbonyl (C=O) groups excluding carboxylic acids is 2. The van der Waals surface area contributed by atoms with Gasteiger partial charge < -0.3 is 77.4 Å². The first kappa shape index (κ1) is 58.0. The van der Waals surface area contributed by atoms with E-state index in [1.807, 2.05) is 81.4 Å². The molecule has 5 aromatic rings. The third kappa shape index (κ3) is 20.2. The monoisotopic (exact) mass is 1020 g/mol. The number of rotatable bonds is 36. The van der Waals surface area contributed by atoms with Crippen LogP contribution in [0.1, 0.15) is 53.5 Å². The highest BCUT2D eigenvalue weighted by Gasteiger charge is 2.23. The summed E-state index contributed by atoms with van der Waals surface area (Å²) in [5, 5.41) is 17.0. The number of alkyl carbamates (subject to hydrolysis) is 1. The minimum absolute atomic E-state index is 0.225. The highest BCUT2D eigenvalue weighted by Crippen LogP contribution is 2.41. The van der Waals surface area contributed by atoms with E-state index in [4.69, 9.17) is 52.1 Å². The van der Waals surface area contributed by atoms with Crippen LogP contribution in [0.4, 0.5) is 4.79 Å². The number of fused-ring (bicyclic) bond motifs is 1. The number of nitrogens with zero attached hydrogens (tertiary/aromatic N) is 1. The predicted octanol–water partition coefficient (Wildman–Crippen LogP) is 6.36. The van der Waals surface area contributed by atoms with Crippen LogP contribution in [-0.4, -0.2) is 152 Å². The third-order valence-electron chi connectivity index (χ3n) is 11.0. The number of aryl methyl sites for hydroxylation is 3. The van der Waals surface area contributed by atoms with Gasteiger partial charge in [0.05, 0.1) is 111 Å². The minimum Gasteiger partial charge on any atom is -0.491 e. The average Bonchev–Trinajstić information content (AvgIpc) is 3.83. The van der Waals surface area contributed by atoms with Gasteiger partial charge in [-0.25, -0.2) is 4.79 Å². The maximum Gasteiger partial charge on any atom is 0.407 e. The van der Waals surface area contributed by atoms with Gasteiger partial charge in [0.15, 0.2) is 0 Å². The molecule has 0 atom stereocenters. The van der Waals surface area contributed by atoms with Gasteiger partial charge >= 0.3 is 6.09 Å². The zero-order valence-corrected chi connectivity index (χ0v) is 43.2.